The lowest BCUT2D eigenvalue weighted by Crippen LogP contribution is -2.42. The van der Waals surface area contributed by atoms with Crippen molar-refractivity contribution < 1.29 is 13.2 Å². The predicted molar refractivity (Wildman–Crippen MR) is 130 cm³/mol. The Balaban J connectivity index is 0.00000240. The van der Waals surface area contributed by atoms with Crippen LogP contribution < -0.4 is 5.32 Å². The van der Waals surface area contributed by atoms with Crippen molar-refractivity contribution in [2.45, 2.75) is 77.5 Å². The molecule has 178 valence electrons. The summed E-state index contributed by atoms with van der Waals surface area (Å²) >= 11 is 12.0. The number of nitrogens with zero attached hydrogens (tertiary/aromatic N) is 1. The van der Waals surface area contributed by atoms with Gasteiger partial charge in [0.1, 0.15) is 4.90 Å². The van der Waals surface area contributed by atoms with Crippen molar-refractivity contribution in [2.75, 3.05) is 19.6 Å². The molecule has 1 heterocycles. The molecular formula is C23H38Cl2N2O3S. The summed E-state index contributed by atoms with van der Waals surface area (Å²) in [5.74, 6) is 0.623. The Morgan fingerprint density at radius 2 is 1.55 bits per heavy atom. The van der Waals surface area contributed by atoms with E-state index in [9.17, 15) is 13.2 Å². The SMILES string of the molecule is C.C.O=C(NCC1CCN(S(=O)(=O)c2ccc(Cl)cc2Cl)CC1)C1CCCCCCC1. The maximum Gasteiger partial charge on any atom is 0.244 e. The van der Waals surface area contributed by atoms with Gasteiger partial charge in [0.05, 0.1) is 5.02 Å². The van der Waals surface area contributed by atoms with E-state index < -0.39 is 10.0 Å². The number of rotatable bonds is 5. The molecule has 1 aromatic carbocycles. The fourth-order valence-corrected chi connectivity index (χ4v) is 6.50. The lowest BCUT2D eigenvalue weighted by atomic mass is 9.90. The van der Waals surface area contributed by atoms with Gasteiger partial charge in [-0.1, -0.05) is 70.2 Å². The van der Waals surface area contributed by atoms with Gasteiger partial charge in [0.2, 0.25) is 15.9 Å². The standard InChI is InChI=1S/C21H30Cl2N2O3S.2CH4/c22-18-8-9-20(19(23)14-18)29(27,28)25-12-10-16(11-13-25)15-24-21(26)17-6-4-2-1-3-5-7-17;;/h8-9,14,16-17H,1-7,10-13,15H2,(H,24,26);2*1H4. The first-order chi connectivity index (χ1) is 13.9. The van der Waals surface area contributed by atoms with Crippen molar-refractivity contribution in [3.63, 3.8) is 0 Å². The highest BCUT2D eigenvalue weighted by atomic mass is 35.5. The number of benzene rings is 1. The van der Waals surface area contributed by atoms with Crippen LogP contribution >= 0.6 is 23.2 Å². The number of piperidine rings is 1. The molecule has 2 aliphatic rings. The Morgan fingerprint density at radius 1 is 0.968 bits per heavy atom. The van der Waals surface area contributed by atoms with Gasteiger partial charge in [0.25, 0.3) is 0 Å². The molecular weight excluding hydrogens is 455 g/mol. The Hall–Kier alpha value is -0.820. The Labute approximate surface area is 198 Å². The van der Waals surface area contributed by atoms with Crippen molar-refractivity contribution in [2.24, 2.45) is 11.8 Å². The van der Waals surface area contributed by atoms with Crippen LogP contribution in [0.25, 0.3) is 0 Å². The van der Waals surface area contributed by atoms with Crippen LogP contribution in [-0.4, -0.2) is 38.3 Å². The van der Waals surface area contributed by atoms with E-state index in [1.165, 1.54) is 41.8 Å². The van der Waals surface area contributed by atoms with E-state index >= 15 is 0 Å². The summed E-state index contributed by atoms with van der Waals surface area (Å²) in [6.45, 7) is 1.50. The van der Waals surface area contributed by atoms with Gasteiger partial charge < -0.3 is 5.32 Å². The molecule has 31 heavy (non-hydrogen) atoms. The van der Waals surface area contributed by atoms with E-state index in [-0.39, 0.29) is 36.6 Å². The van der Waals surface area contributed by atoms with Crippen LogP contribution in [0.4, 0.5) is 0 Å². The first kappa shape index (κ1) is 28.2. The number of sulfonamides is 1. The first-order valence-electron chi connectivity index (χ1n) is 10.6. The van der Waals surface area contributed by atoms with Crippen molar-refractivity contribution in [1.82, 2.24) is 9.62 Å². The molecule has 1 aromatic rings. The van der Waals surface area contributed by atoms with E-state index in [2.05, 4.69) is 5.32 Å². The van der Waals surface area contributed by atoms with Crippen molar-refractivity contribution in [3.05, 3.63) is 28.2 Å². The van der Waals surface area contributed by atoms with E-state index in [0.717, 1.165) is 38.5 Å². The van der Waals surface area contributed by atoms with Gasteiger partial charge in [-0.2, -0.15) is 4.31 Å². The van der Waals surface area contributed by atoms with Crippen molar-refractivity contribution >= 4 is 39.1 Å². The zero-order valence-corrected chi connectivity index (χ0v) is 19.0. The van der Waals surface area contributed by atoms with Gasteiger partial charge in [-0.25, -0.2) is 8.42 Å². The second kappa shape index (κ2) is 13.0. The molecule has 8 heteroatoms. The minimum atomic E-state index is -3.63. The largest absolute Gasteiger partial charge is 0.356 e. The molecule has 1 saturated carbocycles. The second-order valence-corrected chi connectivity index (χ2v) is 11.0. The van der Waals surface area contributed by atoms with E-state index in [1.54, 1.807) is 0 Å². The average molecular weight is 494 g/mol. The molecule has 1 saturated heterocycles. The van der Waals surface area contributed by atoms with Crippen LogP contribution in [0.5, 0.6) is 0 Å². The molecule has 0 radical (unpaired) electrons. The zero-order valence-electron chi connectivity index (χ0n) is 16.7. The van der Waals surface area contributed by atoms with Crippen molar-refractivity contribution in [3.8, 4) is 0 Å². The van der Waals surface area contributed by atoms with Crippen LogP contribution in [0, 0.1) is 11.8 Å². The lowest BCUT2D eigenvalue weighted by Gasteiger charge is -2.31. The molecule has 1 aliphatic carbocycles. The predicted octanol–water partition coefficient (Wildman–Crippen LogP) is 6.14. The fourth-order valence-electron chi connectivity index (χ4n) is 4.28. The summed E-state index contributed by atoms with van der Waals surface area (Å²) in [4.78, 5) is 12.6. The summed E-state index contributed by atoms with van der Waals surface area (Å²) in [7, 11) is -3.63. The van der Waals surface area contributed by atoms with Gasteiger partial charge in [0, 0.05) is 30.6 Å². The molecule has 5 nitrogen and oxygen atoms in total. The quantitative estimate of drug-likeness (QED) is 0.536. The van der Waals surface area contributed by atoms with E-state index in [0.29, 0.717) is 30.6 Å². The van der Waals surface area contributed by atoms with Gasteiger partial charge >= 0.3 is 0 Å². The number of amides is 1. The third-order valence-corrected chi connectivity index (χ3v) is 8.74. The first-order valence-corrected chi connectivity index (χ1v) is 12.8. The molecule has 2 fully saturated rings. The summed E-state index contributed by atoms with van der Waals surface area (Å²) in [5.41, 5.74) is 0. The summed E-state index contributed by atoms with van der Waals surface area (Å²) < 4.78 is 27.3. The average Bonchev–Trinajstić information content (AvgIpc) is 2.66. The number of halogens is 2. The topological polar surface area (TPSA) is 66.5 Å². The number of nitrogens with one attached hydrogen (secondary N) is 1. The lowest BCUT2D eigenvalue weighted by molar-refractivity contribution is -0.125. The Kier molecular flexibility index (Phi) is 11.9. The molecule has 1 aliphatic heterocycles. The molecule has 0 unspecified atom stereocenters. The number of hydrogen-bond acceptors (Lipinski definition) is 3. The molecule has 0 atom stereocenters. The molecule has 1 amide bonds. The normalized spacial score (nSPS) is 19.4. The molecule has 0 bridgehead atoms. The number of carbonyl (C=O) groups is 1. The molecule has 3 rings (SSSR count). The highest BCUT2D eigenvalue weighted by Crippen LogP contribution is 2.30. The summed E-state index contributed by atoms with van der Waals surface area (Å²) in [6, 6.07) is 4.45. The van der Waals surface area contributed by atoms with E-state index in [1.807, 2.05) is 0 Å². The van der Waals surface area contributed by atoms with E-state index in [4.69, 9.17) is 23.2 Å². The van der Waals surface area contributed by atoms with Crippen LogP contribution in [-0.2, 0) is 14.8 Å². The highest BCUT2D eigenvalue weighted by molar-refractivity contribution is 7.89. The van der Waals surface area contributed by atoms with Crippen LogP contribution in [0.2, 0.25) is 10.0 Å². The summed E-state index contributed by atoms with van der Waals surface area (Å²) in [6.07, 6.45) is 9.47. The van der Waals surface area contributed by atoms with Crippen LogP contribution in [0.1, 0.15) is 72.6 Å². The fraction of sp³-hybridized carbons (Fsp3) is 0.696. The van der Waals surface area contributed by atoms with Crippen molar-refractivity contribution in [1.29, 1.82) is 0 Å². The Bertz CT molecular complexity index is 801. The third-order valence-electron chi connectivity index (χ3n) is 6.13. The van der Waals surface area contributed by atoms with Crippen LogP contribution in [0.3, 0.4) is 0 Å². The number of carbonyl (C=O) groups excluding carboxylic acids is 1. The van der Waals surface area contributed by atoms with Crippen LogP contribution in [0.15, 0.2) is 23.1 Å². The molecule has 0 aromatic heterocycles. The minimum Gasteiger partial charge on any atom is -0.356 e. The minimum absolute atomic E-state index is 0. The van der Waals surface area contributed by atoms with Gasteiger partial charge in [-0.05, 0) is 49.8 Å². The molecule has 1 N–H and O–H groups in total. The maximum atomic E-state index is 12.9. The summed E-state index contributed by atoms with van der Waals surface area (Å²) in [5, 5.41) is 3.68. The van der Waals surface area contributed by atoms with Gasteiger partial charge in [-0.15, -0.1) is 0 Å². The second-order valence-electron chi connectivity index (χ2n) is 8.21. The third kappa shape index (κ3) is 7.62. The smallest absolute Gasteiger partial charge is 0.244 e. The highest BCUT2D eigenvalue weighted by Gasteiger charge is 2.31. The number of hydrogen-bond donors (Lipinski definition) is 1. The van der Waals surface area contributed by atoms with Gasteiger partial charge in [0.15, 0.2) is 0 Å². The van der Waals surface area contributed by atoms with Gasteiger partial charge in [-0.3, -0.25) is 4.79 Å². The zero-order chi connectivity index (χ0) is 20.9. The monoisotopic (exact) mass is 492 g/mol. The maximum absolute atomic E-state index is 12.9. The Morgan fingerprint density at radius 3 is 2.13 bits per heavy atom. The molecule has 0 spiro atoms.